The van der Waals surface area contributed by atoms with Crippen molar-refractivity contribution in [1.82, 2.24) is 15.1 Å². The van der Waals surface area contributed by atoms with Crippen LogP contribution < -0.4 is 5.32 Å². The second-order valence-electron chi connectivity index (χ2n) is 5.24. The summed E-state index contributed by atoms with van der Waals surface area (Å²) in [5.41, 5.74) is 0. The second kappa shape index (κ2) is 7.89. The molecule has 2 N–H and O–H groups in total. The number of rotatable bonds is 5. The van der Waals surface area contributed by atoms with E-state index in [2.05, 4.69) is 16.8 Å². The van der Waals surface area contributed by atoms with Crippen molar-refractivity contribution in [3.8, 4) is 0 Å². The van der Waals surface area contributed by atoms with Gasteiger partial charge in [-0.3, -0.25) is 0 Å². The summed E-state index contributed by atoms with van der Waals surface area (Å²) in [6.07, 6.45) is 3.49. The number of nitrogens with one attached hydrogen (secondary N) is 1. The maximum atomic E-state index is 12.3. The van der Waals surface area contributed by atoms with Crippen LogP contribution in [0.25, 0.3) is 0 Å². The highest BCUT2D eigenvalue weighted by atomic mass is 16.4. The minimum atomic E-state index is -1.03. The highest BCUT2D eigenvalue weighted by molar-refractivity contribution is 5.82. The number of carboxylic acid groups (broad SMARTS) is 1. The molecule has 6 nitrogen and oxygen atoms in total. The van der Waals surface area contributed by atoms with E-state index in [4.69, 9.17) is 5.11 Å². The summed E-state index contributed by atoms with van der Waals surface area (Å²) in [7, 11) is 2.04. The quantitative estimate of drug-likeness (QED) is 0.742. The molecule has 1 heterocycles. The van der Waals surface area contributed by atoms with Crippen LogP contribution in [0.3, 0.4) is 0 Å². The molecule has 0 aromatic heterocycles. The van der Waals surface area contributed by atoms with Gasteiger partial charge in [0.1, 0.15) is 6.04 Å². The molecule has 1 rings (SSSR count). The smallest absolute Gasteiger partial charge is 0.326 e. The number of aliphatic carboxylic acids is 1. The van der Waals surface area contributed by atoms with E-state index in [-0.39, 0.29) is 18.5 Å². The molecular weight excluding hydrogens is 258 g/mol. The second-order valence-corrected chi connectivity index (χ2v) is 5.24. The average molecular weight is 283 g/mol. The van der Waals surface area contributed by atoms with Gasteiger partial charge in [0.15, 0.2) is 0 Å². The Labute approximate surface area is 120 Å². The summed E-state index contributed by atoms with van der Waals surface area (Å²) in [5, 5.41) is 11.7. The van der Waals surface area contributed by atoms with Gasteiger partial charge in [0.05, 0.1) is 0 Å². The molecule has 1 aliphatic rings. The maximum Gasteiger partial charge on any atom is 0.326 e. The molecule has 1 aliphatic heterocycles. The fraction of sp³-hybridized carbons (Fsp3) is 0.714. The number of carbonyl (C=O) groups excluding carboxylic acids is 1. The number of amides is 2. The summed E-state index contributed by atoms with van der Waals surface area (Å²) < 4.78 is 0. The van der Waals surface area contributed by atoms with Crippen LogP contribution in [0.5, 0.6) is 0 Å². The molecule has 2 atom stereocenters. The molecule has 6 heteroatoms. The number of hydrogen-bond donors (Lipinski definition) is 2. The van der Waals surface area contributed by atoms with Crippen LogP contribution in [0.1, 0.15) is 26.2 Å². The predicted octanol–water partition coefficient (Wildman–Crippen LogP) is 1.14. The van der Waals surface area contributed by atoms with Crippen molar-refractivity contribution in [2.24, 2.45) is 0 Å². The van der Waals surface area contributed by atoms with E-state index in [1.807, 2.05) is 14.0 Å². The van der Waals surface area contributed by atoms with Gasteiger partial charge in [-0.05, 0) is 32.9 Å². The van der Waals surface area contributed by atoms with Crippen molar-refractivity contribution >= 4 is 12.0 Å². The first kappa shape index (κ1) is 16.5. The third-order valence-corrected chi connectivity index (χ3v) is 3.63. The molecule has 0 spiro atoms. The largest absolute Gasteiger partial charge is 0.480 e. The Hall–Kier alpha value is -1.56. The fourth-order valence-corrected chi connectivity index (χ4v) is 2.48. The van der Waals surface area contributed by atoms with Gasteiger partial charge in [0.2, 0.25) is 0 Å². The van der Waals surface area contributed by atoms with Gasteiger partial charge in [0.25, 0.3) is 0 Å². The molecule has 0 radical (unpaired) electrons. The van der Waals surface area contributed by atoms with E-state index in [1.165, 1.54) is 6.08 Å². The molecule has 0 aromatic carbocycles. The Balaban J connectivity index is 2.71. The topological polar surface area (TPSA) is 72.9 Å². The van der Waals surface area contributed by atoms with Crippen molar-refractivity contribution < 1.29 is 14.7 Å². The number of urea groups is 1. The highest BCUT2D eigenvalue weighted by Gasteiger charge is 2.28. The first-order chi connectivity index (χ1) is 9.49. The molecule has 1 fully saturated rings. The molecule has 114 valence electrons. The van der Waals surface area contributed by atoms with E-state index < -0.39 is 12.0 Å². The first-order valence-electron chi connectivity index (χ1n) is 7.09. The van der Waals surface area contributed by atoms with Gasteiger partial charge < -0.3 is 20.2 Å². The number of nitrogens with zero attached hydrogens (tertiary/aromatic N) is 2. The number of hydrogen-bond acceptors (Lipinski definition) is 3. The van der Waals surface area contributed by atoms with Gasteiger partial charge in [-0.1, -0.05) is 13.0 Å². The normalized spacial score (nSPS) is 21.9. The number of carboxylic acids is 1. The van der Waals surface area contributed by atoms with Crippen LogP contribution in [0.2, 0.25) is 0 Å². The van der Waals surface area contributed by atoms with Crippen molar-refractivity contribution in [3.63, 3.8) is 0 Å². The van der Waals surface area contributed by atoms with Crippen LogP contribution in [0, 0.1) is 0 Å². The maximum absolute atomic E-state index is 12.3. The Morgan fingerprint density at radius 3 is 2.75 bits per heavy atom. The SMILES string of the molecule is C=CCC(NC(=O)N1CCCN(C)CC1CC)C(=O)O. The van der Waals surface area contributed by atoms with Crippen molar-refractivity contribution in [3.05, 3.63) is 12.7 Å². The monoisotopic (exact) mass is 283 g/mol. The summed E-state index contributed by atoms with van der Waals surface area (Å²) in [4.78, 5) is 27.4. The van der Waals surface area contributed by atoms with Crippen molar-refractivity contribution in [2.45, 2.75) is 38.3 Å². The van der Waals surface area contributed by atoms with Crippen molar-refractivity contribution in [2.75, 3.05) is 26.7 Å². The average Bonchev–Trinajstić information content (AvgIpc) is 2.59. The van der Waals surface area contributed by atoms with Crippen LogP contribution >= 0.6 is 0 Å². The van der Waals surface area contributed by atoms with E-state index in [1.54, 1.807) is 4.90 Å². The third kappa shape index (κ3) is 4.52. The van der Waals surface area contributed by atoms with E-state index in [9.17, 15) is 9.59 Å². The Bertz CT molecular complexity index is 360. The minimum Gasteiger partial charge on any atom is -0.480 e. The van der Waals surface area contributed by atoms with E-state index >= 15 is 0 Å². The van der Waals surface area contributed by atoms with Gasteiger partial charge in [-0.2, -0.15) is 0 Å². The molecule has 0 aliphatic carbocycles. The lowest BCUT2D eigenvalue weighted by molar-refractivity contribution is -0.139. The molecule has 2 unspecified atom stereocenters. The predicted molar refractivity (Wildman–Crippen MR) is 77.7 cm³/mol. The minimum absolute atomic E-state index is 0.126. The zero-order chi connectivity index (χ0) is 15.1. The van der Waals surface area contributed by atoms with Crippen LogP contribution in [-0.4, -0.2) is 65.7 Å². The molecular formula is C14H25N3O3. The van der Waals surface area contributed by atoms with Crippen molar-refractivity contribution in [1.29, 1.82) is 0 Å². The Morgan fingerprint density at radius 1 is 1.50 bits per heavy atom. The number of carbonyl (C=O) groups is 2. The lowest BCUT2D eigenvalue weighted by Gasteiger charge is -2.31. The standard InChI is InChI=1S/C14H25N3O3/c1-4-7-12(13(18)19)15-14(20)17-9-6-8-16(3)10-11(17)5-2/h4,11-12H,1,5-10H2,2-3H3,(H,15,20)(H,18,19). The fourth-order valence-electron chi connectivity index (χ4n) is 2.48. The Morgan fingerprint density at radius 2 is 2.20 bits per heavy atom. The summed E-state index contributed by atoms with van der Waals surface area (Å²) in [5.74, 6) is -1.03. The van der Waals surface area contributed by atoms with Gasteiger partial charge in [-0.15, -0.1) is 6.58 Å². The van der Waals surface area contributed by atoms with Gasteiger partial charge in [0, 0.05) is 19.1 Å². The van der Waals surface area contributed by atoms with E-state index in [0.29, 0.717) is 6.54 Å². The summed E-state index contributed by atoms with van der Waals surface area (Å²) in [6, 6.07) is -1.07. The molecule has 1 saturated heterocycles. The highest BCUT2D eigenvalue weighted by Crippen LogP contribution is 2.12. The summed E-state index contributed by atoms with van der Waals surface area (Å²) >= 11 is 0. The van der Waals surface area contributed by atoms with Crippen LogP contribution in [0.15, 0.2) is 12.7 Å². The zero-order valence-corrected chi connectivity index (χ0v) is 12.3. The lowest BCUT2D eigenvalue weighted by Crippen LogP contribution is -2.52. The molecule has 0 aromatic rings. The van der Waals surface area contributed by atoms with Crippen LogP contribution in [0.4, 0.5) is 4.79 Å². The molecule has 0 saturated carbocycles. The Kier molecular flexibility index (Phi) is 6.51. The first-order valence-corrected chi connectivity index (χ1v) is 7.09. The molecule has 0 bridgehead atoms. The lowest BCUT2D eigenvalue weighted by atomic mass is 10.2. The molecule has 20 heavy (non-hydrogen) atoms. The summed E-state index contributed by atoms with van der Waals surface area (Å²) in [6.45, 7) is 8.01. The van der Waals surface area contributed by atoms with Gasteiger partial charge in [-0.25, -0.2) is 9.59 Å². The van der Waals surface area contributed by atoms with E-state index in [0.717, 1.165) is 25.9 Å². The third-order valence-electron chi connectivity index (χ3n) is 3.63. The van der Waals surface area contributed by atoms with Crippen LogP contribution in [-0.2, 0) is 4.79 Å². The van der Waals surface area contributed by atoms with Gasteiger partial charge >= 0.3 is 12.0 Å². The number of likely N-dealkylation sites (N-methyl/N-ethyl adjacent to an activating group) is 1. The molecule has 2 amide bonds. The zero-order valence-electron chi connectivity index (χ0n) is 12.3.